The number of imide groups is 1. The van der Waals surface area contributed by atoms with Crippen LogP contribution in [0.2, 0.25) is 0 Å². The number of piperazine rings is 1. The lowest BCUT2D eigenvalue weighted by Crippen LogP contribution is -2.48. The van der Waals surface area contributed by atoms with Gasteiger partial charge in [-0.05, 0) is 75.3 Å². The molecule has 2 aromatic heterocycles. The molecule has 53 heavy (non-hydrogen) atoms. The van der Waals surface area contributed by atoms with E-state index in [1.807, 2.05) is 40.8 Å². The van der Waals surface area contributed by atoms with E-state index in [1.54, 1.807) is 51.1 Å². The molecule has 0 aliphatic carbocycles. The van der Waals surface area contributed by atoms with E-state index in [0.29, 0.717) is 58.8 Å². The lowest BCUT2D eigenvalue weighted by Gasteiger charge is -2.34. The molecule has 0 bridgehead atoms. The van der Waals surface area contributed by atoms with Crippen LogP contribution < -0.4 is 11.1 Å². The van der Waals surface area contributed by atoms with Crippen LogP contribution in [-0.2, 0) is 29.4 Å². The molecule has 0 saturated carbocycles. The van der Waals surface area contributed by atoms with Crippen molar-refractivity contribution < 1.29 is 23.9 Å². The van der Waals surface area contributed by atoms with Crippen LogP contribution in [0.5, 0.6) is 0 Å². The summed E-state index contributed by atoms with van der Waals surface area (Å²) in [6.07, 6.45) is 1.42. The average molecular weight is 717 g/mol. The lowest BCUT2D eigenvalue weighted by atomic mass is 10.1. The molecular formula is C40H44N8O5. The number of amides is 4. The van der Waals surface area contributed by atoms with Gasteiger partial charge in [0.1, 0.15) is 11.3 Å². The Hall–Kier alpha value is -6.00. The zero-order valence-electron chi connectivity index (χ0n) is 30.7. The monoisotopic (exact) mass is 716 g/mol. The van der Waals surface area contributed by atoms with Crippen LogP contribution in [0.1, 0.15) is 70.8 Å². The van der Waals surface area contributed by atoms with Crippen molar-refractivity contribution in [1.82, 2.24) is 29.2 Å². The first-order valence-electron chi connectivity index (χ1n) is 17.7. The Balaban J connectivity index is 1.13. The minimum Gasteiger partial charge on any atom is -0.443 e. The molecule has 2 aromatic carbocycles. The summed E-state index contributed by atoms with van der Waals surface area (Å²) >= 11 is 0. The number of hydrogen-bond acceptors (Lipinski definition) is 9. The molecule has 0 unspecified atom stereocenters. The van der Waals surface area contributed by atoms with Gasteiger partial charge in [0, 0.05) is 74.9 Å². The van der Waals surface area contributed by atoms with Gasteiger partial charge in [0.25, 0.3) is 11.8 Å². The molecule has 0 radical (unpaired) electrons. The summed E-state index contributed by atoms with van der Waals surface area (Å²) in [5, 5.41) is 2.92. The number of likely N-dealkylation sites (N-methyl/N-ethyl adjacent to an activating group) is 1. The first kappa shape index (κ1) is 36.8. The Morgan fingerprint density at radius 3 is 2.42 bits per heavy atom. The summed E-state index contributed by atoms with van der Waals surface area (Å²) in [5.74, 6) is 5.69. The minimum absolute atomic E-state index is 0.00119. The number of anilines is 2. The fourth-order valence-corrected chi connectivity index (χ4v) is 6.43. The van der Waals surface area contributed by atoms with Crippen molar-refractivity contribution in [1.29, 1.82) is 0 Å². The van der Waals surface area contributed by atoms with Gasteiger partial charge in [0.2, 0.25) is 11.9 Å². The van der Waals surface area contributed by atoms with Crippen LogP contribution in [0.15, 0.2) is 60.8 Å². The number of aromatic nitrogens is 3. The van der Waals surface area contributed by atoms with E-state index in [9.17, 15) is 19.2 Å². The molecule has 4 heterocycles. The third-order valence-corrected chi connectivity index (χ3v) is 9.23. The predicted octanol–water partition coefficient (Wildman–Crippen LogP) is 4.36. The van der Waals surface area contributed by atoms with Crippen LogP contribution >= 0.6 is 0 Å². The lowest BCUT2D eigenvalue weighted by molar-refractivity contribution is -0.115. The Morgan fingerprint density at radius 1 is 0.981 bits per heavy atom. The predicted molar refractivity (Wildman–Crippen MR) is 201 cm³/mol. The second-order valence-electron chi connectivity index (χ2n) is 14.1. The molecule has 3 N–H and O–H groups in total. The number of rotatable bonds is 6. The second kappa shape index (κ2) is 15.3. The summed E-state index contributed by atoms with van der Waals surface area (Å²) < 4.78 is 7.32. The van der Waals surface area contributed by atoms with Gasteiger partial charge in [-0.3, -0.25) is 14.4 Å². The molecule has 274 valence electrons. The van der Waals surface area contributed by atoms with Crippen molar-refractivity contribution in [2.45, 2.75) is 46.1 Å². The summed E-state index contributed by atoms with van der Waals surface area (Å²) in [7, 11) is 1.83. The number of fused-ring (bicyclic) bond motifs is 1. The molecule has 2 aliphatic rings. The molecule has 13 heteroatoms. The zero-order valence-corrected chi connectivity index (χ0v) is 30.7. The molecule has 1 saturated heterocycles. The van der Waals surface area contributed by atoms with Gasteiger partial charge in [0.05, 0.1) is 23.2 Å². The normalized spacial score (nSPS) is 14.6. The highest BCUT2D eigenvalue weighted by Crippen LogP contribution is 2.31. The standard InChI is InChI=1S/C40H44N8O5/c1-6-46-18-20-47(21-19-46)36(50)28-12-14-30(15-13-28)43-34(49)23-27-9-7-8-26(22-27)10-11-29-25-42-38(41)44-35(29)33-24-31-32(45(33)5)16-17-48(37(31)51)39(52)53-40(2,3)4/h7-9,12-15,22,24-25H,6,16-21,23H2,1-5H3,(H,43,49)(H2,41,42,44). The van der Waals surface area contributed by atoms with Gasteiger partial charge in [-0.1, -0.05) is 30.9 Å². The van der Waals surface area contributed by atoms with Crippen molar-refractivity contribution in [3.05, 3.63) is 94.3 Å². The molecular weight excluding hydrogens is 672 g/mol. The Bertz CT molecular complexity index is 2110. The highest BCUT2D eigenvalue weighted by Gasteiger charge is 2.35. The Kier molecular flexibility index (Phi) is 10.6. The largest absolute Gasteiger partial charge is 0.443 e. The molecule has 1 fully saturated rings. The van der Waals surface area contributed by atoms with E-state index in [-0.39, 0.29) is 30.7 Å². The van der Waals surface area contributed by atoms with E-state index in [1.165, 1.54) is 6.20 Å². The second-order valence-corrected chi connectivity index (χ2v) is 14.1. The summed E-state index contributed by atoms with van der Waals surface area (Å²) in [6, 6.07) is 16.1. The van der Waals surface area contributed by atoms with E-state index in [4.69, 9.17) is 10.5 Å². The number of nitrogen functional groups attached to an aromatic ring is 1. The highest BCUT2D eigenvalue weighted by atomic mass is 16.6. The molecule has 2 aliphatic heterocycles. The molecule has 13 nitrogen and oxygen atoms in total. The maximum absolute atomic E-state index is 13.4. The smallest absolute Gasteiger partial charge is 0.417 e. The van der Waals surface area contributed by atoms with Crippen molar-refractivity contribution in [3.63, 3.8) is 0 Å². The van der Waals surface area contributed by atoms with Crippen LogP contribution in [0.4, 0.5) is 16.4 Å². The Morgan fingerprint density at radius 2 is 1.72 bits per heavy atom. The summed E-state index contributed by atoms with van der Waals surface area (Å²) in [5.41, 5.74) is 10.6. The third kappa shape index (κ3) is 8.56. The maximum atomic E-state index is 13.4. The van der Waals surface area contributed by atoms with E-state index in [2.05, 4.69) is 38.9 Å². The quantitative estimate of drug-likeness (QED) is 0.277. The number of nitrogens with zero attached hydrogens (tertiary/aromatic N) is 6. The summed E-state index contributed by atoms with van der Waals surface area (Å²) in [4.78, 5) is 66.0. The Labute approximate surface area is 309 Å². The van der Waals surface area contributed by atoms with Crippen molar-refractivity contribution >= 4 is 35.5 Å². The number of benzene rings is 2. The maximum Gasteiger partial charge on any atom is 0.417 e. The topological polar surface area (TPSA) is 156 Å². The third-order valence-electron chi connectivity index (χ3n) is 9.23. The van der Waals surface area contributed by atoms with Crippen LogP contribution in [-0.4, -0.2) is 97.9 Å². The van der Waals surface area contributed by atoms with Crippen LogP contribution in [0.25, 0.3) is 11.4 Å². The molecule has 4 amide bonds. The van der Waals surface area contributed by atoms with Gasteiger partial charge in [0.15, 0.2) is 0 Å². The number of nitrogens with two attached hydrogens (primary N) is 1. The number of carbonyl (C=O) groups is 4. The number of hydrogen-bond donors (Lipinski definition) is 2. The fraction of sp³-hybridized carbons (Fsp3) is 0.350. The van der Waals surface area contributed by atoms with E-state index in [0.717, 1.165) is 35.8 Å². The van der Waals surface area contributed by atoms with Gasteiger partial charge < -0.3 is 30.2 Å². The van der Waals surface area contributed by atoms with Crippen molar-refractivity contribution in [3.8, 4) is 23.2 Å². The van der Waals surface area contributed by atoms with Crippen LogP contribution in [0, 0.1) is 11.8 Å². The van der Waals surface area contributed by atoms with Gasteiger partial charge in [-0.2, -0.15) is 0 Å². The molecule has 4 aromatic rings. The molecule has 6 rings (SSSR count). The van der Waals surface area contributed by atoms with E-state index < -0.39 is 17.6 Å². The van der Waals surface area contributed by atoms with Crippen molar-refractivity contribution in [2.24, 2.45) is 7.05 Å². The van der Waals surface area contributed by atoms with Crippen molar-refractivity contribution in [2.75, 3.05) is 50.3 Å². The first-order chi connectivity index (χ1) is 25.3. The van der Waals surface area contributed by atoms with Gasteiger partial charge >= 0.3 is 6.09 Å². The minimum atomic E-state index is -0.738. The van der Waals surface area contributed by atoms with Gasteiger partial charge in [-0.25, -0.2) is 19.7 Å². The first-order valence-corrected chi connectivity index (χ1v) is 17.7. The van der Waals surface area contributed by atoms with E-state index >= 15 is 0 Å². The summed E-state index contributed by atoms with van der Waals surface area (Å²) in [6.45, 7) is 11.7. The van der Waals surface area contributed by atoms with Gasteiger partial charge in [-0.15, -0.1) is 0 Å². The molecule has 0 atom stereocenters. The van der Waals surface area contributed by atoms with Crippen LogP contribution in [0.3, 0.4) is 0 Å². The zero-order chi connectivity index (χ0) is 37.9. The SMILES string of the molecule is CCN1CCN(C(=O)c2ccc(NC(=O)Cc3cccc(C#Cc4cnc(N)nc4-c4cc5c(n4C)CCN(C(=O)OC(C)(C)C)C5=O)c3)cc2)CC1. The number of nitrogens with one attached hydrogen (secondary N) is 1. The molecule has 0 spiro atoms. The number of ether oxygens (including phenoxy) is 1. The number of carbonyl (C=O) groups excluding carboxylic acids is 4. The highest BCUT2D eigenvalue weighted by molar-refractivity contribution is 6.05. The fourth-order valence-electron chi connectivity index (χ4n) is 6.43. The average Bonchev–Trinajstić information content (AvgIpc) is 3.47.